The summed E-state index contributed by atoms with van der Waals surface area (Å²) in [4.78, 5) is 11.7. The van der Waals surface area contributed by atoms with E-state index in [9.17, 15) is 13.2 Å². The minimum absolute atomic E-state index is 0.0351. The monoisotopic (exact) mass is 344 g/mol. The number of ether oxygens (including phenoxy) is 1. The molecule has 2 heterocycles. The van der Waals surface area contributed by atoms with Crippen LogP contribution in [0.1, 0.15) is 49.4 Å². The van der Waals surface area contributed by atoms with Gasteiger partial charge in [0, 0.05) is 31.1 Å². The fourth-order valence-electron chi connectivity index (χ4n) is 2.96. The molecule has 0 bridgehead atoms. The van der Waals surface area contributed by atoms with Gasteiger partial charge in [0.15, 0.2) is 0 Å². The van der Waals surface area contributed by atoms with Crippen molar-refractivity contribution in [2.24, 2.45) is 5.73 Å². The fourth-order valence-corrected chi connectivity index (χ4v) is 4.96. The third-order valence-corrected chi connectivity index (χ3v) is 6.14. The van der Waals surface area contributed by atoms with Crippen LogP contribution in [-0.4, -0.2) is 44.4 Å². The van der Waals surface area contributed by atoms with Crippen LogP contribution in [0.4, 0.5) is 0 Å². The number of furan rings is 1. The molecule has 8 heteroatoms. The Hall–Kier alpha value is -1.38. The van der Waals surface area contributed by atoms with Crippen molar-refractivity contribution < 1.29 is 22.4 Å². The van der Waals surface area contributed by atoms with E-state index in [0.717, 1.165) is 19.3 Å². The molecule has 2 N–H and O–H groups in total. The highest BCUT2D eigenvalue weighted by atomic mass is 32.2. The van der Waals surface area contributed by atoms with E-state index in [4.69, 9.17) is 10.2 Å². The Labute approximate surface area is 136 Å². The van der Waals surface area contributed by atoms with Crippen LogP contribution < -0.4 is 5.73 Å². The van der Waals surface area contributed by atoms with E-state index in [0.29, 0.717) is 13.0 Å². The lowest BCUT2D eigenvalue weighted by Crippen LogP contribution is -2.51. The molecule has 0 aromatic carbocycles. The van der Waals surface area contributed by atoms with Gasteiger partial charge in [-0.25, -0.2) is 13.2 Å². The smallest absolute Gasteiger partial charge is 0.373 e. The molecule has 1 aromatic heterocycles. The maximum atomic E-state index is 13.1. The van der Waals surface area contributed by atoms with Crippen molar-refractivity contribution in [3.8, 4) is 0 Å². The first-order chi connectivity index (χ1) is 10.8. The van der Waals surface area contributed by atoms with Gasteiger partial charge in [-0.05, 0) is 19.8 Å². The lowest BCUT2D eigenvalue weighted by molar-refractivity contribution is 0.0563. The van der Waals surface area contributed by atoms with Crippen molar-refractivity contribution in [1.29, 1.82) is 0 Å². The first kappa shape index (κ1) is 18.0. The number of rotatable bonds is 5. The number of nitrogens with zero attached hydrogens (tertiary/aromatic N) is 1. The molecule has 7 nitrogen and oxygen atoms in total. The molecule has 2 rings (SSSR count). The Morgan fingerprint density at radius 2 is 2.22 bits per heavy atom. The average Bonchev–Trinajstić information content (AvgIpc) is 2.99. The average molecular weight is 344 g/mol. The SMILES string of the molecule is CCc1oc(C(=O)OC)cc1S(=O)(=O)N1CCCCC1C(C)N. The minimum atomic E-state index is -3.77. The van der Waals surface area contributed by atoms with Crippen LogP contribution in [-0.2, 0) is 21.2 Å². The molecule has 2 atom stereocenters. The molecule has 1 aliphatic heterocycles. The summed E-state index contributed by atoms with van der Waals surface area (Å²) in [6.45, 7) is 4.02. The van der Waals surface area contributed by atoms with Crippen molar-refractivity contribution in [2.45, 2.75) is 56.5 Å². The molecule has 130 valence electrons. The van der Waals surface area contributed by atoms with Crippen LogP contribution in [0, 0.1) is 0 Å². The van der Waals surface area contributed by atoms with E-state index in [1.807, 2.05) is 6.92 Å². The van der Waals surface area contributed by atoms with E-state index < -0.39 is 16.0 Å². The second-order valence-corrected chi connectivity index (χ2v) is 7.64. The highest BCUT2D eigenvalue weighted by Gasteiger charge is 2.38. The number of carbonyl (C=O) groups is 1. The van der Waals surface area contributed by atoms with Gasteiger partial charge >= 0.3 is 5.97 Å². The van der Waals surface area contributed by atoms with Gasteiger partial charge in [-0.3, -0.25) is 0 Å². The number of methoxy groups -OCH3 is 1. The number of nitrogens with two attached hydrogens (primary N) is 1. The number of hydrogen-bond donors (Lipinski definition) is 1. The molecule has 1 fully saturated rings. The second kappa shape index (κ2) is 7.02. The number of sulfonamides is 1. The van der Waals surface area contributed by atoms with E-state index in [2.05, 4.69) is 4.74 Å². The number of esters is 1. The summed E-state index contributed by atoms with van der Waals surface area (Å²) in [5.41, 5.74) is 5.97. The molecule has 1 saturated heterocycles. The Kier molecular flexibility index (Phi) is 5.49. The van der Waals surface area contributed by atoms with Crippen LogP contribution in [0.3, 0.4) is 0 Å². The predicted octanol–water partition coefficient (Wildman–Crippen LogP) is 1.52. The van der Waals surface area contributed by atoms with E-state index >= 15 is 0 Å². The van der Waals surface area contributed by atoms with Gasteiger partial charge in [0.25, 0.3) is 0 Å². The van der Waals surface area contributed by atoms with Crippen LogP contribution >= 0.6 is 0 Å². The predicted molar refractivity (Wildman–Crippen MR) is 84.6 cm³/mol. The van der Waals surface area contributed by atoms with Gasteiger partial charge in [0.2, 0.25) is 15.8 Å². The Bertz CT molecular complexity index is 665. The summed E-state index contributed by atoms with van der Waals surface area (Å²) < 4.78 is 37.6. The molecular weight excluding hydrogens is 320 g/mol. The van der Waals surface area contributed by atoms with E-state index in [1.165, 1.54) is 17.5 Å². The molecule has 0 amide bonds. The lowest BCUT2D eigenvalue weighted by atomic mass is 10.00. The maximum absolute atomic E-state index is 13.1. The summed E-state index contributed by atoms with van der Waals surface area (Å²) in [7, 11) is -2.54. The highest BCUT2D eigenvalue weighted by Crippen LogP contribution is 2.30. The van der Waals surface area contributed by atoms with Gasteiger partial charge < -0.3 is 14.9 Å². The molecule has 1 aromatic rings. The summed E-state index contributed by atoms with van der Waals surface area (Å²) in [5.74, 6) is -0.528. The number of aryl methyl sites for hydroxylation is 1. The first-order valence-electron chi connectivity index (χ1n) is 7.81. The van der Waals surface area contributed by atoms with Crippen LogP contribution in [0.5, 0.6) is 0 Å². The molecular formula is C15H24N2O5S. The summed E-state index contributed by atoms with van der Waals surface area (Å²) in [5, 5.41) is 0. The molecule has 0 spiro atoms. The van der Waals surface area contributed by atoms with Gasteiger partial charge in [0.05, 0.1) is 7.11 Å². The van der Waals surface area contributed by atoms with Crippen molar-refractivity contribution in [1.82, 2.24) is 4.31 Å². The topological polar surface area (TPSA) is 103 Å². The van der Waals surface area contributed by atoms with Crippen molar-refractivity contribution in [2.75, 3.05) is 13.7 Å². The van der Waals surface area contributed by atoms with Crippen molar-refractivity contribution in [3.63, 3.8) is 0 Å². The summed E-state index contributed by atoms with van der Waals surface area (Å²) >= 11 is 0. The number of piperidine rings is 1. The first-order valence-corrected chi connectivity index (χ1v) is 9.25. The van der Waals surface area contributed by atoms with Crippen molar-refractivity contribution >= 4 is 16.0 Å². The largest absolute Gasteiger partial charge is 0.463 e. The Balaban J connectivity index is 2.45. The minimum Gasteiger partial charge on any atom is -0.463 e. The fraction of sp³-hybridized carbons (Fsp3) is 0.667. The third kappa shape index (κ3) is 3.44. The maximum Gasteiger partial charge on any atom is 0.373 e. The van der Waals surface area contributed by atoms with Crippen LogP contribution in [0.15, 0.2) is 15.4 Å². The van der Waals surface area contributed by atoms with E-state index in [-0.39, 0.29) is 28.5 Å². The van der Waals surface area contributed by atoms with E-state index in [1.54, 1.807) is 6.92 Å². The molecule has 0 radical (unpaired) electrons. The van der Waals surface area contributed by atoms with Crippen molar-refractivity contribution in [3.05, 3.63) is 17.6 Å². The molecule has 0 saturated carbocycles. The Morgan fingerprint density at radius 3 is 2.78 bits per heavy atom. The zero-order chi connectivity index (χ0) is 17.2. The standard InChI is InChI=1S/C15H24N2O5S/c1-4-12-14(9-13(22-12)15(18)21-3)23(19,20)17-8-6-5-7-11(17)10(2)16/h9-11H,4-8,16H2,1-3H3. The second-order valence-electron chi connectivity index (χ2n) is 5.78. The highest BCUT2D eigenvalue weighted by molar-refractivity contribution is 7.89. The quantitative estimate of drug-likeness (QED) is 0.812. The van der Waals surface area contributed by atoms with Gasteiger partial charge in [-0.1, -0.05) is 13.3 Å². The third-order valence-electron chi connectivity index (χ3n) is 4.17. The van der Waals surface area contributed by atoms with Gasteiger partial charge in [-0.15, -0.1) is 0 Å². The van der Waals surface area contributed by atoms with Crippen LogP contribution in [0.25, 0.3) is 0 Å². The van der Waals surface area contributed by atoms with Gasteiger partial charge in [-0.2, -0.15) is 4.31 Å². The molecule has 0 aliphatic carbocycles. The van der Waals surface area contributed by atoms with Gasteiger partial charge in [0.1, 0.15) is 10.7 Å². The number of hydrogen-bond acceptors (Lipinski definition) is 6. The molecule has 1 aliphatic rings. The Morgan fingerprint density at radius 1 is 1.52 bits per heavy atom. The molecule has 23 heavy (non-hydrogen) atoms. The number of carbonyl (C=O) groups excluding carboxylic acids is 1. The summed E-state index contributed by atoms with van der Waals surface area (Å²) in [6.07, 6.45) is 2.85. The van der Waals surface area contributed by atoms with Crippen LogP contribution in [0.2, 0.25) is 0 Å². The zero-order valence-corrected chi connectivity index (χ0v) is 14.6. The normalized spacial score (nSPS) is 21.1. The lowest BCUT2D eigenvalue weighted by Gasteiger charge is -2.36. The molecule has 2 unspecified atom stereocenters. The summed E-state index contributed by atoms with van der Waals surface area (Å²) in [6, 6.07) is 0.754. The zero-order valence-electron chi connectivity index (χ0n) is 13.7.